The molecule has 0 aliphatic carbocycles. The van der Waals surface area contributed by atoms with Crippen LogP contribution in [0, 0.1) is 5.92 Å². The Bertz CT molecular complexity index is 629. The first-order valence-electron chi connectivity index (χ1n) is 8.69. The number of rotatable bonds is 7. The van der Waals surface area contributed by atoms with Crippen LogP contribution in [0.25, 0.3) is 0 Å². The monoisotopic (exact) mass is 363 g/mol. The van der Waals surface area contributed by atoms with E-state index in [1.807, 2.05) is 26.0 Å². The number of hydrogen-bond acceptors (Lipinski definition) is 5. The van der Waals surface area contributed by atoms with Gasteiger partial charge in [-0.3, -0.25) is 4.79 Å². The smallest absolute Gasteiger partial charge is 0.338 e. The second-order valence-electron chi connectivity index (χ2n) is 7.68. The summed E-state index contributed by atoms with van der Waals surface area (Å²) in [4.78, 5) is 35.8. The Kier molecular flexibility index (Phi) is 7.80. The molecular weight excluding hydrogens is 334 g/mol. The lowest BCUT2D eigenvalue weighted by Gasteiger charge is -2.19. The maximum Gasteiger partial charge on any atom is 0.338 e. The zero-order valence-corrected chi connectivity index (χ0v) is 16.4. The molecule has 0 fully saturated rings. The summed E-state index contributed by atoms with van der Waals surface area (Å²) in [6, 6.07) is 6.34. The number of amides is 1. The first-order chi connectivity index (χ1) is 12.0. The summed E-state index contributed by atoms with van der Waals surface area (Å²) in [5.74, 6) is -1.45. The van der Waals surface area contributed by atoms with Gasteiger partial charge in [0.25, 0.3) is 5.91 Å². The quantitative estimate of drug-likeness (QED) is 0.753. The van der Waals surface area contributed by atoms with E-state index in [0.29, 0.717) is 12.0 Å². The van der Waals surface area contributed by atoms with Crippen molar-refractivity contribution in [1.29, 1.82) is 0 Å². The molecular formula is C20H29NO5. The van der Waals surface area contributed by atoms with Crippen molar-refractivity contribution in [1.82, 2.24) is 5.32 Å². The number of benzene rings is 1. The molecule has 0 aliphatic heterocycles. The highest BCUT2D eigenvalue weighted by atomic mass is 16.5. The van der Waals surface area contributed by atoms with Crippen LogP contribution in [0.1, 0.15) is 57.0 Å². The molecule has 6 nitrogen and oxygen atoms in total. The van der Waals surface area contributed by atoms with Gasteiger partial charge in [0.15, 0.2) is 6.61 Å². The van der Waals surface area contributed by atoms with Crippen molar-refractivity contribution in [2.24, 2.45) is 5.92 Å². The summed E-state index contributed by atoms with van der Waals surface area (Å²) >= 11 is 0. The average molecular weight is 363 g/mol. The largest absolute Gasteiger partial charge is 0.467 e. The summed E-state index contributed by atoms with van der Waals surface area (Å²) in [5.41, 5.74) is 1.46. The van der Waals surface area contributed by atoms with Crippen molar-refractivity contribution >= 4 is 17.8 Å². The van der Waals surface area contributed by atoms with Gasteiger partial charge in [-0.05, 0) is 35.4 Å². The minimum Gasteiger partial charge on any atom is -0.467 e. The predicted octanol–water partition coefficient (Wildman–Crippen LogP) is 2.84. The third-order valence-corrected chi connectivity index (χ3v) is 3.85. The molecule has 0 heterocycles. The van der Waals surface area contributed by atoms with E-state index >= 15 is 0 Å². The zero-order chi connectivity index (χ0) is 19.9. The zero-order valence-electron chi connectivity index (χ0n) is 16.4. The van der Waals surface area contributed by atoms with Gasteiger partial charge < -0.3 is 14.8 Å². The highest BCUT2D eigenvalue weighted by molar-refractivity contribution is 5.92. The van der Waals surface area contributed by atoms with Crippen molar-refractivity contribution < 1.29 is 23.9 Å². The van der Waals surface area contributed by atoms with Gasteiger partial charge >= 0.3 is 11.9 Å². The molecule has 26 heavy (non-hydrogen) atoms. The molecule has 1 N–H and O–H groups in total. The highest BCUT2D eigenvalue weighted by Crippen LogP contribution is 2.22. The second kappa shape index (κ2) is 9.36. The lowest BCUT2D eigenvalue weighted by molar-refractivity contribution is -0.145. The van der Waals surface area contributed by atoms with Crippen molar-refractivity contribution in [2.45, 2.75) is 52.5 Å². The molecule has 0 aromatic heterocycles. The molecule has 0 saturated carbocycles. The van der Waals surface area contributed by atoms with Crippen LogP contribution < -0.4 is 5.32 Å². The first-order valence-corrected chi connectivity index (χ1v) is 8.69. The standard InChI is InChI=1S/C20H29NO5/c1-13(2)11-16(19(24)25-6)21-17(22)12-26-18(23)14-7-9-15(10-8-14)20(3,4)5/h7-10,13,16H,11-12H2,1-6H3,(H,21,22). The third-order valence-electron chi connectivity index (χ3n) is 3.85. The highest BCUT2D eigenvalue weighted by Gasteiger charge is 2.23. The molecule has 0 aliphatic rings. The van der Waals surface area contributed by atoms with Crippen molar-refractivity contribution in [2.75, 3.05) is 13.7 Å². The summed E-state index contributed by atoms with van der Waals surface area (Å²) in [5, 5.41) is 2.54. The number of nitrogens with one attached hydrogen (secondary N) is 1. The second-order valence-corrected chi connectivity index (χ2v) is 7.68. The minimum absolute atomic E-state index is 0.0123. The lowest BCUT2D eigenvalue weighted by Crippen LogP contribution is -2.44. The normalized spacial score (nSPS) is 12.4. The van der Waals surface area contributed by atoms with Gasteiger partial charge in [0, 0.05) is 0 Å². The fourth-order valence-electron chi connectivity index (χ4n) is 2.38. The van der Waals surface area contributed by atoms with Gasteiger partial charge in [-0.2, -0.15) is 0 Å². The van der Waals surface area contributed by atoms with E-state index in [-0.39, 0.29) is 11.3 Å². The minimum atomic E-state index is -0.753. The van der Waals surface area contributed by atoms with E-state index in [0.717, 1.165) is 5.56 Å². The molecule has 1 aromatic rings. The van der Waals surface area contributed by atoms with Crippen molar-refractivity contribution in [3.63, 3.8) is 0 Å². The fourth-order valence-corrected chi connectivity index (χ4v) is 2.38. The van der Waals surface area contributed by atoms with Gasteiger partial charge in [-0.25, -0.2) is 9.59 Å². The Morgan fingerprint density at radius 3 is 2.12 bits per heavy atom. The molecule has 144 valence electrons. The van der Waals surface area contributed by atoms with E-state index < -0.39 is 30.5 Å². The summed E-state index contributed by atoms with van der Waals surface area (Å²) in [6.07, 6.45) is 0.445. The summed E-state index contributed by atoms with van der Waals surface area (Å²) in [6.45, 7) is 9.66. The van der Waals surface area contributed by atoms with Crippen LogP contribution in [0.15, 0.2) is 24.3 Å². The number of carbonyl (C=O) groups is 3. The Hall–Kier alpha value is -2.37. The number of hydrogen-bond donors (Lipinski definition) is 1. The predicted molar refractivity (Wildman–Crippen MR) is 98.8 cm³/mol. The van der Waals surface area contributed by atoms with E-state index in [1.165, 1.54) is 7.11 Å². The van der Waals surface area contributed by atoms with Crippen LogP contribution in [0.2, 0.25) is 0 Å². The SMILES string of the molecule is COC(=O)C(CC(C)C)NC(=O)COC(=O)c1ccc(C(C)(C)C)cc1. The van der Waals surface area contributed by atoms with E-state index in [1.54, 1.807) is 12.1 Å². The maximum atomic E-state index is 12.1. The molecule has 6 heteroatoms. The number of esters is 2. The van der Waals surface area contributed by atoms with E-state index in [4.69, 9.17) is 4.74 Å². The Balaban J connectivity index is 2.60. The fraction of sp³-hybridized carbons (Fsp3) is 0.550. The molecule has 0 saturated heterocycles. The number of methoxy groups -OCH3 is 1. The molecule has 1 rings (SSSR count). The Labute approximate surface area is 155 Å². The van der Waals surface area contributed by atoms with Crippen LogP contribution in [-0.2, 0) is 24.5 Å². The topological polar surface area (TPSA) is 81.7 Å². The third kappa shape index (κ3) is 6.86. The maximum absolute atomic E-state index is 12.1. The molecule has 1 aromatic carbocycles. The van der Waals surface area contributed by atoms with Crippen molar-refractivity contribution in [3.8, 4) is 0 Å². The van der Waals surface area contributed by atoms with Crippen LogP contribution >= 0.6 is 0 Å². The van der Waals surface area contributed by atoms with Gasteiger partial charge in [0.1, 0.15) is 6.04 Å². The van der Waals surface area contributed by atoms with Crippen molar-refractivity contribution in [3.05, 3.63) is 35.4 Å². The van der Waals surface area contributed by atoms with Crippen LogP contribution in [0.4, 0.5) is 0 Å². The average Bonchev–Trinajstić information content (AvgIpc) is 2.57. The van der Waals surface area contributed by atoms with Crippen LogP contribution in [0.3, 0.4) is 0 Å². The van der Waals surface area contributed by atoms with Gasteiger partial charge in [-0.1, -0.05) is 46.8 Å². The van der Waals surface area contributed by atoms with E-state index in [2.05, 4.69) is 30.8 Å². The van der Waals surface area contributed by atoms with Gasteiger partial charge in [0.05, 0.1) is 12.7 Å². The molecule has 0 radical (unpaired) electrons. The summed E-state index contributed by atoms with van der Waals surface area (Å²) in [7, 11) is 1.27. The molecule has 0 spiro atoms. The Morgan fingerprint density at radius 2 is 1.65 bits per heavy atom. The molecule has 1 atom stereocenters. The van der Waals surface area contributed by atoms with Gasteiger partial charge in [0.2, 0.25) is 0 Å². The van der Waals surface area contributed by atoms with E-state index in [9.17, 15) is 14.4 Å². The summed E-state index contributed by atoms with van der Waals surface area (Å²) < 4.78 is 9.72. The van der Waals surface area contributed by atoms with Gasteiger partial charge in [-0.15, -0.1) is 0 Å². The molecule has 1 unspecified atom stereocenters. The number of carbonyl (C=O) groups excluding carboxylic acids is 3. The van der Waals surface area contributed by atoms with Crippen LogP contribution in [0.5, 0.6) is 0 Å². The number of ether oxygens (including phenoxy) is 2. The van der Waals surface area contributed by atoms with Crippen LogP contribution in [-0.4, -0.2) is 37.6 Å². The molecule has 1 amide bonds. The Morgan fingerprint density at radius 1 is 1.08 bits per heavy atom. The molecule has 0 bridgehead atoms. The first kappa shape index (κ1) is 21.7. The lowest BCUT2D eigenvalue weighted by atomic mass is 9.87.